The number of benzene rings is 2. The van der Waals surface area contributed by atoms with E-state index in [1.807, 2.05) is 52.7 Å². The van der Waals surface area contributed by atoms with E-state index in [9.17, 15) is 0 Å². The first-order valence-corrected chi connectivity index (χ1v) is 10.1. The van der Waals surface area contributed by atoms with Crippen molar-refractivity contribution in [3.63, 3.8) is 0 Å². The minimum absolute atomic E-state index is 0.318. The normalized spacial score (nSPS) is 15.6. The number of aryl methyl sites for hydroxylation is 2. The van der Waals surface area contributed by atoms with Crippen LogP contribution in [0.1, 0.15) is 40.8 Å². The van der Waals surface area contributed by atoms with Gasteiger partial charge in [-0.15, -0.1) is 0 Å². The molecule has 0 amide bonds. The molecule has 0 aliphatic carbocycles. The highest BCUT2D eigenvalue weighted by molar-refractivity contribution is 5.69. The van der Waals surface area contributed by atoms with Gasteiger partial charge in [0.05, 0.1) is 24.8 Å². The lowest BCUT2D eigenvalue weighted by molar-refractivity contribution is 0.413. The van der Waals surface area contributed by atoms with Gasteiger partial charge in [-0.25, -0.2) is 14.6 Å². The highest BCUT2D eigenvalue weighted by Crippen LogP contribution is 2.32. The van der Waals surface area contributed by atoms with Gasteiger partial charge in [-0.3, -0.25) is 0 Å². The van der Waals surface area contributed by atoms with Gasteiger partial charge < -0.3 is 9.30 Å². The molecule has 0 fully saturated rings. The summed E-state index contributed by atoms with van der Waals surface area (Å²) in [5.74, 6) is 2.89. The van der Waals surface area contributed by atoms with E-state index in [4.69, 9.17) is 9.72 Å². The molecule has 2 aromatic heterocycles. The molecule has 4 aromatic rings. The lowest BCUT2D eigenvalue weighted by atomic mass is 9.97. The number of aromatic nitrogens is 5. The molecule has 0 radical (unpaired) electrons. The molecule has 30 heavy (non-hydrogen) atoms. The third-order valence-electron chi connectivity index (χ3n) is 5.48. The summed E-state index contributed by atoms with van der Waals surface area (Å²) >= 11 is 0. The average molecular weight is 397 g/mol. The Kier molecular flexibility index (Phi) is 4.67. The molecule has 1 aliphatic heterocycles. The Bertz CT molecular complexity index is 1210. The van der Waals surface area contributed by atoms with Crippen LogP contribution in [0.5, 0.6) is 5.75 Å². The van der Waals surface area contributed by atoms with Gasteiger partial charge in [0.25, 0.3) is 0 Å². The maximum atomic E-state index is 5.60. The highest BCUT2D eigenvalue weighted by atomic mass is 16.5. The first-order valence-electron chi connectivity index (χ1n) is 10.1. The predicted molar refractivity (Wildman–Crippen MR) is 117 cm³/mol. The van der Waals surface area contributed by atoms with Crippen LogP contribution in [0.4, 0.5) is 0 Å². The van der Waals surface area contributed by atoms with E-state index < -0.39 is 0 Å². The van der Waals surface area contributed by atoms with Crippen molar-refractivity contribution in [2.75, 3.05) is 7.11 Å². The fourth-order valence-electron chi connectivity index (χ4n) is 3.98. The largest absolute Gasteiger partial charge is 0.495 e. The van der Waals surface area contributed by atoms with Crippen molar-refractivity contribution in [1.29, 1.82) is 0 Å². The van der Waals surface area contributed by atoms with E-state index in [0.29, 0.717) is 5.92 Å². The number of methoxy groups -OCH3 is 1. The van der Waals surface area contributed by atoms with Crippen LogP contribution in [0.25, 0.3) is 17.8 Å². The lowest BCUT2D eigenvalue weighted by Gasteiger charge is -2.09. The zero-order valence-corrected chi connectivity index (χ0v) is 17.1. The van der Waals surface area contributed by atoms with E-state index in [-0.39, 0.29) is 0 Å². The zero-order valence-electron chi connectivity index (χ0n) is 17.1. The Morgan fingerprint density at radius 3 is 2.73 bits per heavy atom. The highest BCUT2D eigenvalue weighted by Gasteiger charge is 2.27. The number of hydrogen-bond acceptors (Lipinski definition) is 4. The van der Waals surface area contributed by atoms with Crippen LogP contribution in [0.2, 0.25) is 0 Å². The van der Waals surface area contributed by atoms with Gasteiger partial charge in [-0.2, -0.15) is 5.10 Å². The lowest BCUT2D eigenvalue weighted by Crippen LogP contribution is -1.98. The Morgan fingerprint density at radius 1 is 1.10 bits per heavy atom. The molecule has 0 saturated heterocycles. The summed E-state index contributed by atoms with van der Waals surface area (Å²) in [4.78, 5) is 9.09. The number of nitrogens with zero attached hydrogens (tertiary/aromatic N) is 5. The molecule has 3 heterocycles. The quantitative estimate of drug-likeness (QED) is 0.498. The van der Waals surface area contributed by atoms with Gasteiger partial charge in [0.1, 0.15) is 11.6 Å². The fraction of sp³-hybridized carbons (Fsp3) is 0.208. The Morgan fingerprint density at radius 2 is 1.97 bits per heavy atom. The minimum Gasteiger partial charge on any atom is -0.495 e. The van der Waals surface area contributed by atoms with Crippen molar-refractivity contribution in [1.82, 2.24) is 24.3 Å². The molecule has 0 N–H and O–H groups in total. The van der Waals surface area contributed by atoms with Crippen LogP contribution < -0.4 is 4.74 Å². The SMILES string of the molecule is COc1cc(/C=C/c2nc3n(n2)CC[C@H]3c2ccccc2)ccc1-n1cnc(C)c1. The summed E-state index contributed by atoms with van der Waals surface area (Å²) in [5, 5.41) is 4.67. The standard InChI is InChI=1S/C24H23N5O/c1-17-15-28(16-25-17)21-10-8-18(14-22(21)30-2)9-11-23-26-24-20(12-13-29(24)27-23)19-6-4-3-5-7-19/h3-11,14-16,20H,12-13H2,1-2H3/b11-9+/t20-/m0/s1. The minimum atomic E-state index is 0.318. The predicted octanol–water partition coefficient (Wildman–Crippen LogP) is 4.49. The molecule has 0 saturated carbocycles. The first kappa shape index (κ1) is 18.4. The summed E-state index contributed by atoms with van der Waals surface area (Å²) in [6.07, 6.45) is 8.81. The molecule has 1 aliphatic rings. The number of imidazole rings is 1. The number of hydrogen-bond donors (Lipinski definition) is 0. The summed E-state index contributed by atoms with van der Waals surface area (Å²) in [6.45, 7) is 2.88. The summed E-state index contributed by atoms with van der Waals surface area (Å²) in [7, 11) is 1.68. The third kappa shape index (κ3) is 3.41. The van der Waals surface area contributed by atoms with Crippen molar-refractivity contribution >= 4 is 12.2 Å². The van der Waals surface area contributed by atoms with E-state index in [1.54, 1.807) is 13.4 Å². The van der Waals surface area contributed by atoms with Crippen LogP contribution in [0.15, 0.2) is 61.1 Å². The van der Waals surface area contributed by atoms with Crippen LogP contribution >= 0.6 is 0 Å². The number of rotatable bonds is 5. The van der Waals surface area contributed by atoms with Crippen LogP contribution in [0.3, 0.4) is 0 Å². The van der Waals surface area contributed by atoms with Gasteiger partial charge >= 0.3 is 0 Å². The van der Waals surface area contributed by atoms with Gasteiger partial charge in [0.15, 0.2) is 5.82 Å². The van der Waals surface area contributed by atoms with Crippen LogP contribution in [-0.4, -0.2) is 31.4 Å². The Labute approximate surface area is 175 Å². The second-order valence-corrected chi connectivity index (χ2v) is 7.49. The molecular weight excluding hydrogens is 374 g/mol. The molecular formula is C24H23N5O. The van der Waals surface area contributed by atoms with Gasteiger partial charge in [-0.1, -0.05) is 42.5 Å². The third-order valence-corrected chi connectivity index (χ3v) is 5.48. The summed E-state index contributed by atoms with van der Waals surface area (Å²) in [5.41, 5.74) is 4.25. The van der Waals surface area contributed by atoms with Crippen molar-refractivity contribution in [2.24, 2.45) is 0 Å². The topological polar surface area (TPSA) is 57.8 Å². The second kappa shape index (κ2) is 7.63. The molecule has 0 unspecified atom stereocenters. The van der Waals surface area contributed by atoms with Gasteiger partial charge in [-0.05, 0) is 42.7 Å². The Balaban J connectivity index is 1.39. The zero-order chi connectivity index (χ0) is 20.5. The van der Waals surface area contributed by atoms with Crippen LogP contribution in [0, 0.1) is 6.92 Å². The molecule has 150 valence electrons. The summed E-state index contributed by atoms with van der Waals surface area (Å²) < 4.78 is 9.59. The second-order valence-electron chi connectivity index (χ2n) is 7.49. The molecule has 5 rings (SSSR count). The van der Waals surface area contributed by atoms with Crippen molar-refractivity contribution in [3.8, 4) is 11.4 Å². The van der Waals surface area contributed by atoms with Crippen molar-refractivity contribution in [2.45, 2.75) is 25.8 Å². The van der Waals surface area contributed by atoms with Gasteiger partial charge in [0.2, 0.25) is 0 Å². The molecule has 0 bridgehead atoms. The van der Waals surface area contributed by atoms with E-state index in [2.05, 4.69) is 40.4 Å². The molecule has 2 aromatic carbocycles. The van der Waals surface area contributed by atoms with E-state index >= 15 is 0 Å². The number of ether oxygens (including phenoxy) is 1. The average Bonchev–Trinajstić information content (AvgIpc) is 3.48. The monoisotopic (exact) mass is 397 g/mol. The smallest absolute Gasteiger partial charge is 0.174 e. The van der Waals surface area contributed by atoms with Crippen molar-refractivity contribution in [3.05, 3.63) is 89.5 Å². The maximum Gasteiger partial charge on any atom is 0.174 e. The van der Waals surface area contributed by atoms with E-state index in [0.717, 1.165) is 47.3 Å². The summed E-state index contributed by atoms with van der Waals surface area (Å²) in [6, 6.07) is 16.6. The van der Waals surface area contributed by atoms with Crippen LogP contribution in [-0.2, 0) is 6.54 Å². The fourth-order valence-corrected chi connectivity index (χ4v) is 3.98. The van der Waals surface area contributed by atoms with Crippen molar-refractivity contribution < 1.29 is 4.74 Å². The first-order chi connectivity index (χ1) is 14.7. The Hall–Kier alpha value is -3.67. The molecule has 1 atom stereocenters. The van der Waals surface area contributed by atoms with E-state index in [1.165, 1.54) is 5.56 Å². The molecule has 0 spiro atoms. The molecule has 6 nitrogen and oxygen atoms in total. The van der Waals surface area contributed by atoms with Gasteiger partial charge in [0, 0.05) is 18.7 Å². The number of fused-ring (bicyclic) bond motifs is 1. The molecule has 6 heteroatoms. The maximum absolute atomic E-state index is 5.60.